The summed E-state index contributed by atoms with van der Waals surface area (Å²) in [6.45, 7) is 5.79. The maximum atomic E-state index is 12.5. The Morgan fingerprint density at radius 1 is 1.67 bits per heavy atom. The summed E-state index contributed by atoms with van der Waals surface area (Å²) in [5.41, 5.74) is 0.649. The normalized spacial score (nSPS) is 23.9. The van der Waals surface area contributed by atoms with Crippen LogP contribution in [0.4, 0.5) is 5.82 Å². The SMILES string of the molecule is CCC1(C(=O)Nc2cc(C)nn2C)CCCNC1. The van der Waals surface area contributed by atoms with Crippen molar-refractivity contribution in [2.24, 2.45) is 12.5 Å². The molecule has 2 heterocycles. The summed E-state index contributed by atoms with van der Waals surface area (Å²) in [6, 6.07) is 1.90. The van der Waals surface area contributed by atoms with E-state index in [1.54, 1.807) is 4.68 Å². The predicted octanol–water partition coefficient (Wildman–Crippen LogP) is 1.45. The lowest BCUT2D eigenvalue weighted by atomic mass is 9.77. The smallest absolute Gasteiger partial charge is 0.233 e. The van der Waals surface area contributed by atoms with Gasteiger partial charge in [-0.1, -0.05) is 6.92 Å². The van der Waals surface area contributed by atoms with Crippen LogP contribution in [0, 0.1) is 12.3 Å². The molecular weight excluding hydrogens is 228 g/mol. The standard InChI is InChI=1S/C13H22N4O/c1-4-13(6-5-7-14-9-13)12(18)15-11-8-10(2)16-17(11)3/h8,14H,4-7,9H2,1-3H3,(H,15,18). The molecule has 1 atom stereocenters. The fraction of sp³-hybridized carbons (Fsp3) is 0.692. The molecule has 1 saturated heterocycles. The van der Waals surface area contributed by atoms with E-state index in [0.717, 1.165) is 43.9 Å². The zero-order chi connectivity index (χ0) is 13.2. The molecule has 5 nitrogen and oxygen atoms in total. The average molecular weight is 250 g/mol. The second-order valence-corrected chi connectivity index (χ2v) is 5.16. The topological polar surface area (TPSA) is 59.0 Å². The van der Waals surface area contributed by atoms with Gasteiger partial charge in [0.05, 0.1) is 11.1 Å². The molecule has 2 rings (SSSR count). The number of piperidine rings is 1. The Morgan fingerprint density at radius 2 is 2.44 bits per heavy atom. The zero-order valence-electron chi connectivity index (χ0n) is 11.4. The highest BCUT2D eigenvalue weighted by Gasteiger charge is 2.38. The van der Waals surface area contributed by atoms with Crippen LogP contribution in [0.25, 0.3) is 0 Å². The summed E-state index contributed by atoms with van der Waals surface area (Å²) in [4.78, 5) is 12.5. The number of nitrogens with zero attached hydrogens (tertiary/aromatic N) is 2. The van der Waals surface area contributed by atoms with Crippen LogP contribution in [0.2, 0.25) is 0 Å². The number of aryl methyl sites for hydroxylation is 2. The molecule has 1 aromatic rings. The van der Waals surface area contributed by atoms with Crippen molar-refractivity contribution < 1.29 is 4.79 Å². The van der Waals surface area contributed by atoms with Gasteiger partial charge in [0, 0.05) is 19.7 Å². The second-order valence-electron chi connectivity index (χ2n) is 5.16. The summed E-state index contributed by atoms with van der Waals surface area (Å²) in [5, 5.41) is 10.6. The van der Waals surface area contributed by atoms with Crippen LogP contribution in [0.5, 0.6) is 0 Å². The first kappa shape index (κ1) is 13.1. The van der Waals surface area contributed by atoms with Gasteiger partial charge < -0.3 is 10.6 Å². The van der Waals surface area contributed by atoms with Crippen molar-refractivity contribution in [1.82, 2.24) is 15.1 Å². The maximum Gasteiger partial charge on any atom is 0.233 e. The van der Waals surface area contributed by atoms with Gasteiger partial charge in [0.2, 0.25) is 5.91 Å². The molecule has 0 aliphatic carbocycles. The van der Waals surface area contributed by atoms with Crippen LogP contribution in [-0.2, 0) is 11.8 Å². The van der Waals surface area contributed by atoms with Crippen LogP contribution in [0.15, 0.2) is 6.07 Å². The fourth-order valence-corrected chi connectivity index (χ4v) is 2.60. The lowest BCUT2D eigenvalue weighted by Gasteiger charge is -2.35. The van der Waals surface area contributed by atoms with Crippen molar-refractivity contribution in [3.05, 3.63) is 11.8 Å². The Balaban J connectivity index is 2.12. The molecule has 0 bridgehead atoms. The van der Waals surface area contributed by atoms with E-state index in [1.807, 2.05) is 20.0 Å². The Bertz CT molecular complexity index is 432. The lowest BCUT2D eigenvalue weighted by molar-refractivity contribution is -0.126. The number of aromatic nitrogens is 2. The molecule has 0 aromatic carbocycles. The molecule has 1 aliphatic rings. The number of amides is 1. The van der Waals surface area contributed by atoms with E-state index in [4.69, 9.17) is 0 Å². The van der Waals surface area contributed by atoms with Crippen molar-refractivity contribution >= 4 is 11.7 Å². The third kappa shape index (κ3) is 2.41. The second kappa shape index (κ2) is 5.10. The average Bonchev–Trinajstić information content (AvgIpc) is 2.68. The largest absolute Gasteiger partial charge is 0.316 e. The van der Waals surface area contributed by atoms with Crippen molar-refractivity contribution in [2.45, 2.75) is 33.1 Å². The van der Waals surface area contributed by atoms with Gasteiger partial charge in [0.15, 0.2) is 0 Å². The van der Waals surface area contributed by atoms with Crippen LogP contribution in [-0.4, -0.2) is 28.8 Å². The first-order chi connectivity index (χ1) is 8.57. The van der Waals surface area contributed by atoms with E-state index in [2.05, 4.69) is 22.7 Å². The first-order valence-electron chi connectivity index (χ1n) is 6.60. The molecule has 100 valence electrons. The Kier molecular flexibility index (Phi) is 3.71. The molecule has 1 fully saturated rings. The minimum absolute atomic E-state index is 0.111. The van der Waals surface area contributed by atoms with Gasteiger partial charge in [-0.2, -0.15) is 5.10 Å². The monoisotopic (exact) mass is 250 g/mol. The van der Waals surface area contributed by atoms with Crippen LogP contribution >= 0.6 is 0 Å². The number of carbonyl (C=O) groups excluding carboxylic acids is 1. The minimum atomic E-state index is -0.267. The molecule has 18 heavy (non-hydrogen) atoms. The lowest BCUT2D eigenvalue weighted by Crippen LogP contribution is -2.47. The third-order valence-electron chi connectivity index (χ3n) is 3.87. The molecule has 1 unspecified atom stereocenters. The van der Waals surface area contributed by atoms with Crippen LogP contribution < -0.4 is 10.6 Å². The number of hydrogen-bond donors (Lipinski definition) is 2. The van der Waals surface area contributed by atoms with Crippen molar-refractivity contribution in [2.75, 3.05) is 18.4 Å². The quantitative estimate of drug-likeness (QED) is 0.853. The zero-order valence-corrected chi connectivity index (χ0v) is 11.4. The number of nitrogens with one attached hydrogen (secondary N) is 2. The molecule has 1 aliphatic heterocycles. The number of carbonyl (C=O) groups is 1. The van der Waals surface area contributed by atoms with E-state index in [9.17, 15) is 4.79 Å². The highest BCUT2D eigenvalue weighted by Crippen LogP contribution is 2.31. The summed E-state index contributed by atoms with van der Waals surface area (Å²) in [7, 11) is 1.85. The first-order valence-corrected chi connectivity index (χ1v) is 6.60. The molecule has 5 heteroatoms. The van der Waals surface area contributed by atoms with Gasteiger partial charge >= 0.3 is 0 Å². The number of hydrogen-bond acceptors (Lipinski definition) is 3. The van der Waals surface area contributed by atoms with E-state index in [1.165, 1.54) is 0 Å². The summed E-state index contributed by atoms with van der Waals surface area (Å²) >= 11 is 0. The van der Waals surface area contributed by atoms with Gasteiger partial charge in [-0.25, -0.2) is 0 Å². The fourth-order valence-electron chi connectivity index (χ4n) is 2.60. The molecule has 1 amide bonds. The summed E-state index contributed by atoms with van der Waals surface area (Å²) < 4.78 is 1.72. The highest BCUT2D eigenvalue weighted by molar-refractivity contribution is 5.95. The summed E-state index contributed by atoms with van der Waals surface area (Å²) in [5.74, 6) is 0.885. The van der Waals surface area contributed by atoms with Crippen molar-refractivity contribution in [1.29, 1.82) is 0 Å². The molecule has 0 saturated carbocycles. The third-order valence-corrected chi connectivity index (χ3v) is 3.87. The van der Waals surface area contributed by atoms with Gasteiger partial charge in [-0.15, -0.1) is 0 Å². The van der Waals surface area contributed by atoms with E-state index >= 15 is 0 Å². The van der Waals surface area contributed by atoms with E-state index < -0.39 is 0 Å². The number of anilines is 1. The van der Waals surface area contributed by atoms with Crippen molar-refractivity contribution in [3.63, 3.8) is 0 Å². The van der Waals surface area contributed by atoms with Crippen molar-refractivity contribution in [3.8, 4) is 0 Å². The van der Waals surface area contributed by atoms with Gasteiger partial charge in [-0.05, 0) is 32.7 Å². The molecule has 2 N–H and O–H groups in total. The number of rotatable bonds is 3. The Labute approximate surface area is 108 Å². The predicted molar refractivity (Wildman–Crippen MR) is 71.4 cm³/mol. The van der Waals surface area contributed by atoms with Gasteiger partial charge in [0.1, 0.15) is 5.82 Å². The molecule has 1 aromatic heterocycles. The van der Waals surface area contributed by atoms with Crippen LogP contribution in [0.3, 0.4) is 0 Å². The highest BCUT2D eigenvalue weighted by atomic mass is 16.2. The van der Waals surface area contributed by atoms with E-state index in [0.29, 0.717) is 0 Å². The molecule has 0 spiro atoms. The van der Waals surface area contributed by atoms with Crippen LogP contribution in [0.1, 0.15) is 31.9 Å². The Morgan fingerprint density at radius 3 is 2.94 bits per heavy atom. The van der Waals surface area contributed by atoms with Gasteiger partial charge in [-0.3, -0.25) is 9.48 Å². The summed E-state index contributed by atoms with van der Waals surface area (Å²) in [6.07, 6.45) is 2.88. The Hall–Kier alpha value is -1.36. The van der Waals surface area contributed by atoms with Gasteiger partial charge in [0.25, 0.3) is 0 Å². The van der Waals surface area contributed by atoms with E-state index in [-0.39, 0.29) is 11.3 Å². The minimum Gasteiger partial charge on any atom is -0.316 e. The molecule has 0 radical (unpaired) electrons. The maximum absolute atomic E-state index is 12.5. The molecular formula is C13H22N4O.